The zero-order valence-electron chi connectivity index (χ0n) is 13.1. The Bertz CT molecular complexity index is 899. The highest BCUT2D eigenvalue weighted by molar-refractivity contribution is 6.30. The van der Waals surface area contributed by atoms with Crippen LogP contribution in [0.25, 0.3) is 5.65 Å². The second-order valence-electron chi connectivity index (χ2n) is 6.18. The summed E-state index contributed by atoms with van der Waals surface area (Å²) in [7, 11) is 0. The van der Waals surface area contributed by atoms with Gasteiger partial charge in [0, 0.05) is 17.3 Å². The highest BCUT2D eigenvalue weighted by Gasteiger charge is 2.43. The maximum Gasteiger partial charge on any atom is 0.236 e. The molecule has 1 fully saturated rings. The zero-order chi connectivity index (χ0) is 16.6. The van der Waals surface area contributed by atoms with Gasteiger partial charge >= 0.3 is 0 Å². The maximum atomic E-state index is 13.2. The Hall–Kier alpha value is -2.40. The standard InChI is InChI=1S/C18H17ClN4O/c19-14-5-3-4-13(12-14)18(8-1-2-9-18)17(24)22-16-6-10-20-15-7-11-21-23(15)16/h3-7,10-12H,1-2,8-9H2,(H,22,24). The highest BCUT2D eigenvalue weighted by atomic mass is 35.5. The molecule has 24 heavy (non-hydrogen) atoms. The Balaban J connectivity index is 1.72. The molecule has 2 heterocycles. The minimum atomic E-state index is -0.534. The lowest BCUT2D eigenvalue weighted by molar-refractivity contribution is -0.121. The number of hydrogen-bond acceptors (Lipinski definition) is 3. The van der Waals surface area contributed by atoms with E-state index in [9.17, 15) is 4.79 Å². The van der Waals surface area contributed by atoms with E-state index in [1.807, 2.05) is 24.3 Å². The first-order chi connectivity index (χ1) is 11.7. The van der Waals surface area contributed by atoms with Crippen molar-refractivity contribution >= 4 is 29.0 Å². The summed E-state index contributed by atoms with van der Waals surface area (Å²) in [4.78, 5) is 17.4. The third kappa shape index (κ3) is 2.45. The molecule has 3 aromatic rings. The summed E-state index contributed by atoms with van der Waals surface area (Å²) in [5.41, 5.74) is 1.15. The summed E-state index contributed by atoms with van der Waals surface area (Å²) in [6.07, 6.45) is 7.06. The van der Waals surface area contributed by atoms with Gasteiger partial charge in [0.25, 0.3) is 0 Å². The van der Waals surface area contributed by atoms with Gasteiger partial charge in [-0.05, 0) is 36.6 Å². The third-order valence-electron chi connectivity index (χ3n) is 4.80. The van der Waals surface area contributed by atoms with Gasteiger partial charge in [-0.1, -0.05) is 36.6 Å². The van der Waals surface area contributed by atoms with E-state index in [4.69, 9.17) is 11.6 Å². The number of nitrogens with one attached hydrogen (secondary N) is 1. The Labute approximate surface area is 144 Å². The van der Waals surface area contributed by atoms with Crippen LogP contribution in [0.2, 0.25) is 5.02 Å². The van der Waals surface area contributed by atoms with Crippen molar-refractivity contribution in [1.29, 1.82) is 0 Å². The second-order valence-corrected chi connectivity index (χ2v) is 6.62. The summed E-state index contributed by atoms with van der Waals surface area (Å²) in [6, 6.07) is 11.2. The van der Waals surface area contributed by atoms with Crippen molar-refractivity contribution < 1.29 is 4.79 Å². The number of rotatable bonds is 3. The summed E-state index contributed by atoms with van der Waals surface area (Å²) < 4.78 is 1.64. The molecule has 0 aliphatic heterocycles. The quantitative estimate of drug-likeness (QED) is 0.788. The fourth-order valence-electron chi connectivity index (χ4n) is 3.58. The van der Waals surface area contributed by atoms with Gasteiger partial charge in [-0.3, -0.25) is 4.79 Å². The number of carbonyl (C=O) groups excluding carboxylic acids is 1. The monoisotopic (exact) mass is 340 g/mol. The van der Waals surface area contributed by atoms with Crippen LogP contribution in [0.5, 0.6) is 0 Å². The average Bonchev–Trinajstić information content (AvgIpc) is 3.25. The molecule has 0 bridgehead atoms. The number of aromatic nitrogens is 3. The van der Waals surface area contributed by atoms with E-state index in [1.165, 1.54) is 0 Å². The fraction of sp³-hybridized carbons (Fsp3) is 0.278. The van der Waals surface area contributed by atoms with Crippen LogP contribution < -0.4 is 5.32 Å². The predicted octanol–water partition coefficient (Wildman–Crippen LogP) is 3.83. The number of benzene rings is 1. The SMILES string of the molecule is O=C(Nc1ccnc2ccnn12)C1(c2cccc(Cl)c2)CCCC1. The first-order valence-electron chi connectivity index (χ1n) is 8.05. The van der Waals surface area contributed by atoms with Gasteiger partial charge in [0.05, 0.1) is 11.6 Å². The van der Waals surface area contributed by atoms with Crippen LogP contribution in [0.3, 0.4) is 0 Å². The molecule has 1 aliphatic carbocycles. The van der Waals surface area contributed by atoms with Crippen LogP contribution in [0, 0.1) is 0 Å². The number of amides is 1. The summed E-state index contributed by atoms with van der Waals surface area (Å²) >= 11 is 6.16. The smallest absolute Gasteiger partial charge is 0.236 e. The fourth-order valence-corrected chi connectivity index (χ4v) is 3.77. The van der Waals surface area contributed by atoms with Gasteiger partial charge in [-0.15, -0.1) is 0 Å². The summed E-state index contributed by atoms with van der Waals surface area (Å²) in [5, 5.41) is 7.93. The van der Waals surface area contributed by atoms with Crippen molar-refractivity contribution in [2.24, 2.45) is 0 Å². The van der Waals surface area contributed by atoms with Gasteiger partial charge in [-0.2, -0.15) is 9.61 Å². The Kier molecular flexibility index (Phi) is 3.73. The molecule has 0 saturated heterocycles. The van der Waals surface area contributed by atoms with Gasteiger partial charge in [0.2, 0.25) is 5.91 Å². The van der Waals surface area contributed by atoms with Crippen LogP contribution >= 0.6 is 11.6 Å². The van der Waals surface area contributed by atoms with Crippen molar-refractivity contribution in [2.45, 2.75) is 31.1 Å². The molecule has 0 radical (unpaired) electrons. The van der Waals surface area contributed by atoms with Gasteiger partial charge in [0.1, 0.15) is 5.82 Å². The normalized spacial score (nSPS) is 16.4. The van der Waals surface area contributed by atoms with Gasteiger partial charge in [-0.25, -0.2) is 4.98 Å². The van der Waals surface area contributed by atoms with Crippen molar-refractivity contribution in [3.8, 4) is 0 Å². The number of anilines is 1. The second kappa shape index (κ2) is 5.91. The number of nitrogens with zero attached hydrogens (tertiary/aromatic N) is 3. The van der Waals surface area contributed by atoms with E-state index in [1.54, 1.807) is 29.0 Å². The topological polar surface area (TPSA) is 59.3 Å². The van der Waals surface area contributed by atoms with E-state index in [-0.39, 0.29) is 5.91 Å². The molecule has 122 valence electrons. The molecule has 1 amide bonds. The molecular formula is C18H17ClN4O. The molecular weight excluding hydrogens is 324 g/mol. The van der Waals surface area contributed by atoms with Crippen LogP contribution in [0.1, 0.15) is 31.2 Å². The van der Waals surface area contributed by atoms with Gasteiger partial charge in [0.15, 0.2) is 5.65 Å². The van der Waals surface area contributed by atoms with Crippen LogP contribution in [0.4, 0.5) is 5.82 Å². The van der Waals surface area contributed by atoms with E-state index < -0.39 is 5.41 Å². The van der Waals surface area contributed by atoms with Crippen LogP contribution in [0.15, 0.2) is 48.8 Å². The molecule has 5 nitrogen and oxygen atoms in total. The lowest BCUT2D eigenvalue weighted by Crippen LogP contribution is -2.38. The number of halogens is 1. The van der Waals surface area contributed by atoms with Crippen LogP contribution in [-0.4, -0.2) is 20.5 Å². The zero-order valence-corrected chi connectivity index (χ0v) is 13.8. The number of fused-ring (bicyclic) bond motifs is 1. The minimum Gasteiger partial charge on any atom is -0.310 e. The molecule has 0 atom stereocenters. The van der Waals surface area contributed by atoms with Gasteiger partial charge < -0.3 is 5.32 Å². The first-order valence-corrected chi connectivity index (χ1v) is 8.43. The summed E-state index contributed by atoms with van der Waals surface area (Å²) in [5.74, 6) is 0.619. The average molecular weight is 341 g/mol. The summed E-state index contributed by atoms with van der Waals surface area (Å²) in [6.45, 7) is 0. The molecule has 1 aromatic carbocycles. The maximum absolute atomic E-state index is 13.2. The van der Waals surface area contributed by atoms with Crippen molar-refractivity contribution in [1.82, 2.24) is 14.6 Å². The van der Waals surface area contributed by atoms with E-state index in [2.05, 4.69) is 15.4 Å². The predicted molar refractivity (Wildman–Crippen MR) is 93.2 cm³/mol. The van der Waals surface area contributed by atoms with E-state index >= 15 is 0 Å². The van der Waals surface area contributed by atoms with E-state index in [0.717, 1.165) is 31.2 Å². The Morgan fingerprint density at radius 3 is 2.79 bits per heavy atom. The lowest BCUT2D eigenvalue weighted by Gasteiger charge is -2.28. The van der Waals surface area contributed by atoms with Crippen LogP contribution in [-0.2, 0) is 10.2 Å². The first kappa shape index (κ1) is 15.1. The van der Waals surface area contributed by atoms with E-state index in [0.29, 0.717) is 16.5 Å². The largest absolute Gasteiger partial charge is 0.310 e. The Morgan fingerprint density at radius 1 is 1.17 bits per heavy atom. The van der Waals surface area contributed by atoms with Crippen molar-refractivity contribution in [2.75, 3.05) is 5.32 Å². The van der Waals surface area contributed by atoms with Crippen molar-refractivity contribution in [3.05, 3.63) is 59.4 Å². The third-order valence-corrected chi connectivity index (χ3v) is 5.04. The molecule has 1 saturated carbocycles. The lowest BCUT2D eigenvalue weighted by atomic mass is 9.78. The Morgan fingerprint density at radius 2 is 2.00 bits per heavy atom. The molecule has 1 aliphatic rings. The number of carbonyl (C=O) groups is 1. The number of hydrogen-bond donors (Lipinski definition) is 1. The molecule has 0 unspecified atom stereocenters. The molecule has 0 spiro atoms. The molecule has 4 rings (SSSR count). The molecule has 2 aromatic heterocycles. The molecule has 1 N–H and O–H groups in total. The van der Waals surface area contributed by atoms with Crippen molar-refractivity contribution in [3.63, 3.8) is 0 Å². The molecule has 6 heteroatoms. The highest BCUT2D eigenvalue weighted by Crippen LogP contribution is 2.42. The minimum absolute atomic E-state index is 0.00901.